The van der Waals surface area contributed by atoms with Crippen molar-refractivity contribution in [1.29, 1.82) is 0 Å². The molecule has 0 aliphatic carbocycles. The Morgan fingerprint density at radius 1 is 1.42 bits per heavy atom. The number of halogens is 2. The first kappa shape index (κ1) is 18.5. The summed E-state index contributed by atoms with van der Waals surface area (Å²) < 4.78 is 16.0. The first-order valence-electron chi connectivity index (χ1n) is 7.83. The van der Waals surface area contributed by atoms with E-state index in [0.717, 1.165) is 11.3 Å². The number of thiophene rings is 1. The number of hydrogen-bond donors (Lipinski definition) is 2. The van der Waals surface area contributed by atoms with Crippen molar-refractivity contribution in [3.05, 3.63) is 56.8 Å². The Bertz CT molecular complexity index is 955. The van der Waals surface area contributed by atoms with Gasteiger partial charge in [0.25, 0.3) is 5.91 Å². The van der Waals surface area contributed by atoms with E-state index in [9.17, 15) is 9.18 Å². The molecule has 136 valence electrons. The van der Waals surface area contributed by atoms with Gasteiger partial charge in [0.1, 0.15) is 16.5 Å². The zero-order valence-electron chi connectivity index (χ0n) is 13.9. The molecule has 0 aliphatic rings. The largest absolute Gasteiger partial charge is 0.365 e. The van der Waals surface area contributed by atoms with Crippen LogP contribution in [0.25, 0.3) is 11.4 Å². The van der Waals surface area contributed by atoms with Crippen LogP contribution in [-0.2, 0) is 13.5 Å². The molecule has 9 heteroatoms. The number of nitrogens with two attached hydrogens (primary N) is 2. The Kier molecular flexibility index (Phi) is 5.36. The van der Waals surface area contributed by atoms with Crippen LogP contribution in [0.4, 0.5) is 4.39 Å². The van der Waals surface area contributed by atoms with Gasteiger partial charge >= 0.3 is 0 Å². The lowest BCUT2D eigenvalue weighted by Crippen LogP contribution is -2.20. The number of primary amides is 1. The summed E-state index contributed by atoms with van der Waals surface area (Å²) in [6, 6.07) is 6.46. The Balaban J connectivity index is 2.16. The maximum absolute atomic E-state index is 14.1. The van der Waals surface area contributed by atoms with Crippen molar-refractivity contribution in [2.75, 3.05) is 6.54 Å². The molecule has 26 heavy (non-hydrogen) atoms. The highest BCUT2D eigenvalue weighted by molar-refractivity contribution is 7.18. The van der Waals surface area contributed by atoms with E-state index in [4.69, 9.17) is 23.1 Å². The third kappa shape index (κ3) is 3.35. The predicted molar refractivity (Wildman–Crippen MR) is 99.7 cm³/mol. The number of amides is 1. The molecule has 3 rings (SSSR count). The standard InChI is InChI=1S/C17H17ClFN5OS/c1-24-17(22-8-23-24)13-12(14(16(21)25)26-15(13)18)10(7-20)6-9-4-2-3-5-11(9)19/h2-5,8,10H,6-7,20H2,1H3,(H2,21,25)/t10-/m1/s1. The second-order valence-corrected chi connectivity index (χ2v) is 7.42. The summed E-state index contributed by atoms with van der Waals surface area (Å²) in [5, 5.41) is 4.06. The lowest BCUT2D eigenvalue weighted by atomic mass is 9.89. The van der Waals surface area contributed by atoms with Gasteiger partial charge in [0.15, 0.2) is 5.82 Å². The van der Waals surface area contributed by atoms with Gasteiger partial charge < -0.3 is 11.5 Å². The molecule has 1 aromatic carbocycles. The summed E-state index contributed by atoms with van der Waals surface area (Å²) >= 11 is 7.48. The number of carbonyl (C=O) groups is 1. The van der Waals surface area contributed by atoms with Crippen molar-refractivity contribution in [2.24, 2.45) is 18.5 Å². The van der Waals surface area contributed by atoms with Gasteiger partial charge in [-0.3, -0.25) is 4.79 Å². The SMILES string of the molecule is Cn1ncnc1-c1c(Cl)sc(C(N)=O)c1[C@@H](CN)Cc1ccccc1F. The highest BCUT2D eigenvalue weighted by Gasteiger charge is 2.29. The molecule has 3 aromatic rings. The quantitative estimate of drug-likeness (QED) is 0.672. The Hall–Kier alpha value is -2.29. The van der Waals surface area contributed by atoms with Crippen molar-refractivity contribution >= 4 is 28.8 Å². The molecule has 1 amide bonds. The van der Waals surface area contributed by atoms with Crippen LogP contribution < -0.4 is 11.5 Å². The van der Waals surface area contributed by atoms with Crippen molar-refractivity contribution in [3.63, 3.8) is 0 Å². The van der Waals surface area contributed by atoms with Gasteiger partial charge in [0, 0.05) is 13.0 Å². The molecular formula is C17H17ClFN5OS. The summed E-state index contributed by atoms with van der Waals surface area (Å²) in [4.78, 5) is 16.5. The van der Waals surface area contributed by atoms with Crippen LogP contribution in [0.3, 0.4) is 0 Å². The lowest BCUT2D eigenvalue weighted by Gasteiger charge is -2.18. The first-order valence-corrected chi connectivity index (χ1v) is 9.03. The molecule has 0 saturated carbocycles. The molecule has 0 saturated heterocycles. The van der Waals surface area contributed by atoms with Crippen LogP contribution in [0.5, 0.6) is 0 Å². The van der Waals surface area contributed by atoms with E-state index in [0.29, 0.717) is 38.1 Å². The molecule has 0 spiro atoms. The molecule has 2 heterocycles. The summed E-state index contributed by atoms with van der Waals surface area (Å²) in [6.07, 6.45) is 1.70. The molecular weight excluding hydrogens is 377 g/mol. The zero-order valence-corrected chi connectivity index (χ0v) is 15.5. The number of aromatic nitrogens is 3. The lowest BCUT2D eigenvalue weighted by molar-refractivity contribution is 0.100. The number of rotatable bonds is 6. The van der Waals surface area contributed by atoms with Crippen LogP contribution >= 0.6 is 22.9 Å². The molecule has 0 aliphatic heterocycles. The van der Waals surface area contributed by atoms with E-state index in [1.807, 2.05) is 0 Å². The number of benzene rings is 1. The second kappa shape index (κ2) is 7.53. The van der Waals surface area contributed by atoms with E-state index in [-0.39, 0.29) is 18.3 Å². The molecule has 0 radical (unpaired) electrons. The molecule has 0 bridgehead atoms. The molecule has 0 unspecified atom stereocenters. The topological polar surface area (TPSA) is 99.8 Å². The highest BCUT2D eigenvalue weighted by atomic mass is 35.5. The molecule has 1 atom stereocenters. The van der Waals surface area contributed by atoms with Crippen LogP contribution in [0.15, 0.2) is 30.6 Å². The fourth-order valence-corrected chi connectivity index (χ4v) is 4.33. The number of aryl methyl sites for hydroxylation is 1. The normalized spacial score (nSPS) is 12.3. The van der Waals surface area contributed by atoms with Gasteiger partial charge in [-0.25, -0.2) is 14.1 Å². The van der Waals surface area contributed by atoms with E-state index in [2.05, 4.69) is 10.1 Å². The molecule has 6 nitrogen and oxygen atoms in total. The van der Waals surface area contributed by atoms with Gasteiger partial charge in [-0.15, -0.1) is 11.3 Å². The Morgan fingerprint density at radius 2 is 2.15 bits per heavy atom. The second-order valence-electron chi connectivity index (χ2n) is 5.79. The van der Waals surface area contributed by atoms with Crippen molar-refractivity contribution < 1.29 is 9.18 Å². The molecule has 2 aromatic heterocycles. The minimum absolute atomic E-state index is 0.187. The van der Waals surface area contributed by atoms with Crippen LogP contribution in [-0.4, -0.2) is 27.2 Å². The van der Waals surface area contributed by atoms with Gasteiger partial charge in [-0.05, 0) is 30.2 Å². The fourth-order valence-electron chi connectivity index (χ4n) is 2.95. The summed E-state index contributed by atoms with van der Waals surface area (Å²) in [7, 11) is 1.72. The maximum Gasteiger partial charge on any atom is 0.259 e. The number of carbonyl (C=O) groups excluding carboxylic acids is 1. The first-order chi connectivity index (χ1) is 12.4. The maximum atomic E-state index is 14.1. The van der Waals surface area contributed by atoms with Gasteiger partial charge in [0.2, 0.25) is 0 Å². The Labute approximate surface area is 158 Å². The minimum atomic E-state index is -0.604. The van der Waals surface area contributed by atoms with Crippen molar-refractivity contribution in [1.82, 2.24) is 14.8 Å². The molecule has 4 N–H and O–H groups in total. The highest BCUT2D eigenvalue weighted by Crippen LogP contribution is 2.43. The number of hydrogen-bond acceptors (Lipinski definition) is 5. The van der Waals surface area contributed by atoms with Gasteiger partial charge in [-0.2, -0.15) is 5.10 Å². The third-order valence-corrected chi connectivity index (χ3v) is 5.61. The van der Waals surface area contributed by atoms with Crippen molar-refractivity contribution in [3.8, 4) is 11.4 Å². The average Bonchev–Trinajstić information content (AvgIpc) is 3.17. The monoisotopic (exact) mass is 393 g/mol. The van der Waals surface area contributed by atoms with Crippen LogP contribution in [0, 0.1) is 5.82 Å². The smallest absolute Gasteiger partial charge is 0.259 e. The van der Waals surface area contributed by atoms with Crippen LogP contribution in [0.2, 0.25) is 4.34 Å². The predicted octanol–water partition coefficient (Wildman–Crippen LogP) is 2.72. The summed E-state index contributed by atoms with van der Waals surface area (Å²) in [6.45, 7) is 0.187. The van der Waals surface area contributed by atoms with E-state index in [1.54, 1.807) is 29.9 Å². The molecule has 0 fully saturated rings. The zero-order chi connectivity index (χ0) is 18.8. The Morgan fingerprint density at radius 3 is 2.73 bits per heavy atom. The van der Waals surface area contributed by atoms with E-state index in [1.165, 1.54) is 12.4 Å². The third-order valence-electron chi connectivity index (χ3n) is 4.18. The van der Waals surface area contributed by atoms with Gasteiger partial charge in [-0.1, -0.05) is 29.8 Å². The van der Waals surface area contributed by atoms with Crippen molar-refractivity contribution in [2.45, 2.75) is 12.3 Å². The van der Waals surface area contributed by atoms with Crippen LogP contribution in [0.1, 0.15) is 26.7 Å². The van der Waals surface area contributed by atoms with E-state index >= 15 is 0 Å². The average molecular weight is 394 g/mol. The fraction of sp³-hybridized carbons (Fsp3) is 0.235. The van der Waals surface area contributed by atoms with Gasteiger partial charge in [0.05, 0.1) is 10.4 Å². The number of nitrogens with zero attached hydrogens (tertiary/aromatic N) is 3. The summed E-state index contributed by atoms with van der Waals surface area (Å²) in [5.41, 5.74) is 13.2. The minimum Gasteiger partial charge on any atom is -0.365 e. The van der Waals surface area contributed by atoms with E-state index < -0.39 is 5.91 Å². The summed E-state index contributed by atoms with van der Waals surface area (Å²) in [5.74, 6) is -0.786.